The Morgan fingerprint density at radius 1 is 1.20 bits per heavy atom. The molecule has 0 saturated carbocycles. The van der Waals surface area contributed by atoms with Crippen LogP contribution in [-0.2, 0) is 17.8 Å². The standard InChI is InChI=1S/C19H16Cl2N2O2/c1-2-12-5-3-6-14-13(11-24)9-23(19(12)14)10-17(25)22-16-8-4-7-15(20)18(16)21/h3-9,11H,2,10H2,1H3,(H,22,25). The lowest BCUT2D eigenvalue weighted by atomic mass is 10.1. The topological polar surface area (TPSA) is 51.1 Å². The largest absolute Gasteiger partial charge is 0.337 e. The van der Waals surface area contributed by atoms with E-state index in [1.54, 1.807) is 29.0 Å². The van der Waals surface area contributed by atoms with Crippen LogP contribution < -0.4 is 5.32 Å². The predicted octanol–water partition coefficient (Wildman–Crippen LogP) is 4.96. The number of aldehydes is 1. The maximum Gasteiger partial charge on any atom is 0.244 e. The number of rotatable bonds is 5. The molecule has 0 bridgehead atoms. The SMILES string of the molecule is CCc1cccc2c(C=O)cn(CC(=O)Nc3cccc(Cl)c3Cl)c12. The van der Waals surface area contributed by atoms with E-state index in [9.17, 15) is 9.59 Å². The maximum atomic E-state index is 12.5. The van der Waals surface area contributed by atoms with Gasteiger partial charge in [-0.1, -0.05) is 54.4 Å². The molecule has 3 aromatic rings. The van der Waals surface area contributed by atoms with Crippen LogP contribution in [-0.4, -0.2) is 16.8 Å². The van der Waals surface area contributed by atoms with E-state index < -0.39 is 0 Å². The molecule has 4 nitrogen and oxygen atoms in total. The molecule has 1 aromatic heterocycles. The number of hydrogen-bond acceptors (Lipinski definition) is 2. The highest BCUT2D eigenvalue weighted by molar-refractivity contribution is 6.44. The number of carbonyl (C=O) groups excluding carboxylic acids is 2. The van der Waals surface area contributed by atoms with E-state index in [1.165, 1.54) is 0 Å². The first kappa shape index (κ1) is 17.5. The van der Waals surface area contributed by atoms with Crippen LogP contribution in [0.25, 0.3) is 10.9 Å². The maximum absolute atomic E-state index is 12.5. The van der Waals surface area contributed by atoms with Crippen LogP contribution in [0.5, 0.6) is 0 Å². The number of aromatic nitrogens is 1. The molecule has 1 heterocycles. The zero-order chi connectivity index (χ0) is 18.0. The van der Waals surface area contributed by atoms with E-state index in [-0.39, 0.29) is 12.5 Å². The van der Waals surface area contributed by atoms with Gasteiger partial charge in [-0.3, -0.25) is 9.59 Å². The summed E-state index contributed by atoms with van der Waals surface area (Å²) in [6.07, 6.45) is 3.32. The Morgan fingerprint density at radius 3 is 2.68 bits per heavy atom. The second-order valence-electron chi connectivity index (χ2n) is 5.65. The summed E-state index contributed by atoms with van der Waals surface area (Å²) in [6, 6.07) is 10.9. The summed E-state index contributed by atoms with van der Waals surface area (Å²) in [4.78, 5) is 23.8. The van der Waals surface area contributed by atoms with Crippen molar-refractivity contribution in [2.24, 2.45) is 0 Å². The minimum absolute atomic E-state index is 0.0736. The molecule has 0 fully saturated rings. The van der Waals surface area contributed by atoms with Crippen molar-refractivity contribution >= 4 is 52.0 Å². The average Bonchev–Trinajstić information content (AvgIpc) is 2.96. The fourth-order valence-electron chi connectivity index (χ4n) is 2.91. The van der Waals surface area contributed by atoms with Gasteiger partial charge in [0.1, 0.15) is 6.54 Å². The highest BCUT2D eigenvalue weighted by Gasteiger charge is 2.14. The molecule has 3 rings (SSSR count). The van der Waals surface area contributed by atoms with Gasteiger partial charge in [0, 0.05) is 17.1 Å². The number of para-hydroxylation sites is 1. The number of carbonyl (C=O) groups is 2. The van der Waals surface area contributed by atoms with E-state index in [1.807, 2.05) is 25.1 Å². The van der Waals surface area contributed by atoms with Gasteiger partial charge in [0.25, 0.3) is 0 Å². The summed E-state index contributed by atoms with van der Waals surface area (Å²) < 4.78 is 1.80. The lowest BCUT2D eigenvalue weighted by molar-refractivity contribution is -0.116. The van der Waals surface area contributed by atoms with Crippen molar-refractivity contribution in [2.75, 3.05) is 5.32 Å². The average molecular weight is 375 g/mol. The summed E-state index contributed by atoms with van der Waals surface area (Å²) in [5.41, 5.74) is 3.01. The third-order valence-corrected chi connectivity index (χ3v) is 4.88. The van der Waals surface area contributed by atoms with Gasteiger partial charge >= 0.3 is 0 Å². The van der Waals surface area contributed by atoms with Crippen molar-refractivity contribution in [3.8, 4) is 0 Å². The number of nitrogens with zero attached hydrogens (tertiary/aromatic N) is 1. The molecule has 0 aliphatic carbocycles. The number of fused-ring (bicyclic) bond motifs is 1. The molecule has 128 valence electrons. The van der Waals surface area contributed by atoms with Gasteiger partial charge in [-0.25, -0.2) is 0 Å². The molecule has 0 spiro atoms. The predicted molar refractivity (Wildman–Crippen MR) is 102 cm³/mol. The second-order valence-corrected chi connectivity index (χ2v) is 6.43. The summed E-state index contributed by atoms with van der Waals surface area (Å²) in [6.45, 7) is 2.11. The summed E-state index contributed by atoms with van der Waals surface area (Å²) in [7, 11) is 0. The van der Waals surface area contributed by atoms with Gasteiger partial charge in [-0.05, 0) is 24.1 Å². The van der Waals surface area contributed by atoms with Crippen molar-refractivity contribution in [1.82, 2.24) is 4.57 Å². The monoisotopic (exact) mass is 374 g/mol. The molecule has 0 unspecified atom stereocenters. The third-order valence-electron chi connectivity index (χ3n) is 4.06. The van der Waals surface area contributed by atoms with Crippen LogP contribution >= 0.6 is 23.2 Å². The van der Waals surface area contributed by atoms with E-state index in [0.29, 0.717) is 21.3 Å². The first-order valence-electron chi connectivity index (χ1n) is 7.85. The fourth-order valence-corrected chi connectivity index (χ4v) is 3.26. The smallest absolute Gasteiger partial charge is 0.244 e. The van der Waals surface area contributed by atoms with Crippen LogP contribution in [0.15, 0.2) is 42.6 Å². The number of benzene rings is 2. The highest BCUT2D eigenvalue weighted by atomic mass is 35.5. The summed E-state index contributed by atoms with van der Waals surface area (Å²) in [5, 5.41) is 4.30. The van der Waals surface area contributed by atoms with Gasteiger partial charge < -0.3 is 9.88 Å². The van der Waals surface area contributed by atoms with Crippen LogP contribution in [0.4, 0.5) is 5.69 Å². The van der Waals surface area contributed by atoms with Crippen molar-refractivity contribution < 1.29 is 9.59 Å². The van der Waals surface area contributed by atoms with Crippen LogP contribution in [0.1, 0.15) is 22.8 Å². The molecule has 2 aromatic carbocycles. The van der Waals surface area contributed by atoms with Crippen molar-refractivity contribution in [1.29, 1.82) is 0 Å². The highest BCUT2D eigenvalue weighted by Crippen LogP contribution is 2.30. The normalized spacial score (nSPS) is 10.8. The number of aryl methyl sites for hydroxylation is 1. The zero-order valence-electron chi connectivity index (χ0n) is 13.6. The Kier molecular flexibility index (Phi) is 5.11. The molecular weight excluding hydrogens is 359 g/mol. The number of nitrogens with one attached hydrogen (secondary N) is 1. The van der Waals surface area contributed by atoms with Gasteiger partial charge in [-0.15, -0.1) is 0 Å². The number of anilines is 1. The van der Waals surface area contributed by atoms with Crippen LogP contribution in [0.3, 0.4) is 0 Å². The van der Waals surface area contributed by atoms with Gasteiger partial charge in [0.15, 0.2) is 6.29 Å². The lowest BCUT2D eigenvalue weighted by Gasteiger charge is -2.11. The minimum Gasteiger partial charge on any atom is -0.337 e. The summed E-state index contributed by atoms with van der Waals surface area (Å²) >= 11 is 12.1. The first-order valence-corrected chi connectivity index (χ1v) is 8.60. The molecule has 0 aliphatic rings. The fraction of sp³-hybridized carbons (Fsp3) is 0.158. The van der Waals surface area contributed by atoms with Gasteiger partial charge in [0.2, 0.25) is 5.91 Å². The van der Waals surface area contributed by atoms with Crippen LogP contribution in [0, 0.1) is 0 Å². The van der Waals surface area contributed by atoms with Crippen molar-refractivity contribution in [2.45, 2.75) is 19.9 Å². The molecular formula is C19H16Cl2N2O2. The molecule has 0 atom stereocenters. The van der Waals surface area contributed by atoms with E-state index in [4.69, 9.17) is 23.2 Å². The molecule has 0 radical (unpaired) electrons. The molecule has 1 N–H and O–H groups in total. The van der Waals surface area contributed by atoms with E-state index >= 15 is 0 Å². The van der Waals surface area contributed by atoms with Crippen LogP contribution in [0.2, 0.25) is 10.0 Å². The minimum atomic E-state index is -0.246. The summed E-state index contributed by atoms with van der Waals surface area (Å²) in [5.74, 6) is -0.246. The Bertz CT molecular complexity index is 963. The van der Waals surface area contributed by atoms with Crippen molar-refractivity contribution in [3.63, 3.8) is 0 Å². The molecule has 6 heteroatoms. The lowest BCUT2D eigenvalue weighted by Crippen LogP contribution is -2.18. The molecule has 25 heavy (non-hydrogen) atoms. The van der Waals surface area contributed by atoms with E-state index in [0.717, 1.165) is 29.2 Å². The zero-order valence-corrected chi connectivity index (χ0v) is 15.1. The van der Waals surface area contributed by atoms with Gasteiger partial charge in [-0.2, -0.15) is 0 Å². The molecule has 1 amide bonds. The quantitative estimate of drug-likeness (QED) is 0.641. The number of halogens is 2. The Hall–Kier alpha value is -2.30. The number of hydrogen-bond donors (Lipinski definition) is 1. The van der Waals surface area contributed by atoms with Crippen molar-refractivity contribution in [3.05, 3.63) is 63.8 Å². The molecule has 0 saturated heterocycles. The molecule has 0 aliphatic heterocycles. The Morgan fingerprint density at radius 2 is 1.96 bits per heavy atom. The Balaban J connectivity index is 1.93. The number of amides is 1. The Labute approximate surface area is 155 Å². The first-order chi connectivity index (χ1) is 12.0. The van der Waals surface area contributed by atoms with E-state index in [2.05, 4.69) is 5.32 Å². The third kappa shape index (κ3) is 3.41. The second kappa shape index (κ2) is 7.30. The van der Waals surface area contributed by atoms with Gasteiger partial charge in [0.05, 0.1) is 21.2 Å².